The predicted molar refractivity (Wildman–Crippen MR) is 168 cm³/mol. The summed E-state index contributed by atoms with van der Waals surface area (Å²) >= 11 is 0. The minimum absolute atomic E-state index is 0.0314. The summed E-state index contributed by atoms with van der Waals surface area (Å²) in [6, 6.07) is 12.0. The van der Waals surface area contributed by atoms with Crippen molar-refractivity contribution in [2.75, 3.05) is 32.6 Å². The van der Waals surface area contributed by atoms with Gasteiger partial charge in [0.2, 0.25) is 0 Å². The van der Waals surface area contributed by atoms with Gasteiger partial charge in [-0.3, -0.25) is 13.8 Å². The first kappa shape index (κ1) is 29.2. The van der Waals surface area contributed by atoms with Crippen LogP contribution in [0.3, 0.4) is 0 Å². The number of methoxy groups -OCH3 is 2. The highest BCUT2D eigenvalue weighted by molar-refractivity contribution is 7.84. The van der Waals surface area contributed by atoms with E-state index in [1.165, 1.54) is 12.8 Å². The van der Waals surface area contributed by atoms with E-state index in [9.17, 15) is 13.8 Å². The number of hydrogen-bond acceptors (Lipinski definition) is 6. The topological polar surface area (TPSA) is 113 Å². The van der Waals surface area contributed by atoms with Crippen LogP contribution in [0.2, 0.25) is 0 Å². The number of hydrogen-bond donors (Lipinski definition) is 3. The number of fused-ring (bicyclic) bond motifs is 1. The Hall–Kier alpha value is -3.89. The SMILES string of the molecule is COc1cc(CS(=O)c2ccc3c(c2)/C(=C/c2[nH]c(C)c(C(=O)N4CCC(NC5CC5)CC4)c2C)C(=O)N3)cc(OC)c1. The molecule has 2 amide bonds. The molecule has 1 aromatic heterocycles. The second-order valence-electron chi connectivity index (χ2n) is 11.6. The molecule has 2 fully saturated rings. The summed E-state index contributed by atoms with van der Waals surface area (Å²) in [6.45, 7) is 5.30. The Labute approximate surface area is 254 Å². The van der Waals surface area contributed by atoms with E-state index in [4.69, 9.17) is 9.47 Å². The molecule has 1 saturated heterocycles. The van der Waals surface area contributed by atoms with E-state index >= 15 is 0 Å². The number of aryl methyl sites for hydroxylation is 1. The number of piperidine rings is 1. The van der Waals surface area contributed by atoms with Crippen molar-refractivity contribution in [3.63, 3.8) is 0 Å². The van der Waals surface area contributed by atoms with E-state index in [0.29, 0.717) is 50.9 Å². The molecule has 1 unspecified atom stereocenters. The molecule has 226 valence electrons. The average Bonchev–Trinajstić information content (AvgIpc) is 3.71. The van der Waals surface area contributed by atoms with Crippen molar-refractivity contribution < 1.29 is 23.3 Å². The fourth-order valence-electron chi connectivity index (χ4n) is 6.01. The number of carbonyl (C=O) groups excluding carboxylic acids is 2. The largest absolute Gasteiger partial charge is 0.497 e. The summed E-state index contributed by atoms with van der Waals surface area (Å²) in [5.41, 5.74) is 5.63. The maximum Gasteiger partial charge on any atom is 0.256 e. The number of aromatic nitrogens is 1. The molecule has 1 aliphatic carbocycles. The maximum atomic E-state index is 13.6. The molecular formula is C33H38N4O5S. The third-order valence-corrected chi connectivity index (χ3v) is 9.93. The minimum Gasteiger partial charge on any atom is -0.497 e. The summed E-state index contributed by atoms with van der Waals surface area (Å²) < 4.78 is 24.1. The van der Waals surface area contributed by atoms with Crippen LogP contribution in [0.1, 0.15) is 64.1 Å². The number of H-pyrrole nitrogens is 1. The average molecular weight is 603 g/mol. The van der Waals surface area contributed by atoms with Crippen molar-refractivity contribution in [3.05, 3.63) is 70.0 Å². The van der Waals surface area contributed by atoms with Crippen molar-refractivity contribution in [1.29, 1.82) is 0 Å². The molecule has 0 radical (unpaired) electrons. The number of aromatic amines is 1. The van der Waals surface area contributed by atoms with Gasteiger partial charge in [-0.25, -0.2) is 0 Å². The maximum absolute atomic E-state index is 13.6. The van der Waals surface area contributed by atoms with E-state index in [0.717, 1.165) is 48.4 Å². The van der Waals surface area contributed by atoms with Crippen molar-refractivity contribution in [2.45, 2.75) is 62.3 Å². The molecule has 3 aliphatic rings. The van der Waals surface area contributed by atoms with Crippen LogP contribution in [0.15, 0.2) is 41.3 Å². The number of likely N-dealkylation sites (tertiary alicyclic amines) is 1. The van der Waals surface area contributed by atoms with Crippen molar-refractivity contribution in [1.82, 2.24) is 15.2 Å². The lowest BCUT2D eigenvalue weighted by molar-refractivity contribution is -0.110. The Morgan fingerprint density at radius 2 is 1.70 bits per heavy atom. The third kappa shape index (κ3) is 6.12. The van der Waals surface area contributed by atoms with Gasteiger partial charge < -0.3 is 30.0 Å². The van der Waals surface area contributed by atoms with Crippen LogP contribution in [0, 0.1) is 13.8 Å². The highest BCUT2D eigenvalue weighted by Crippen LogP contribution is 2.36. The van der Waals surface area contributed by atoms with Gasteiger partial charge in [-0.05, 0) is 87.1 Å². The number of carbonyl (C=O) groups is 2. The first-order valence-electron chi connectivity index (χ1n) is 14.8. The molecule has 3 aromatic rings. The molecule has 0 bridgehead atoms. The Balaban J connectivity index is 1.22. The van der Waals surface area contributed by atoms with Crippen LogP contribution in [0.5, 0.6) is 11.5 Å². The molecule has 43 heavy (non-hydrogen) atoms. The van der Waals surface area contributed by atoms with Gasteiger partial charge in [0.15, 0.2) is 0 Å². The van der Waals surface area contributed by atoms with Crippen LogP contribution in [-0.4, -0.2) is 65.3 Å². The van der Waals surface area contributed by atoms with Crippen molar-refractivity contribution in [2.24, 2.45) is 0 Å². The fraction of sp³-hybridized carbons (Fsp3) is 0.394. The van der Waals surface area contributed by atoms with E-state index in [1.54, 1.807) is 38.5 Å². The van der Waals surface area contributed by atoms with Gasteiger partial charge in [0.05, 0.1) is 41.9 Å². The molecule has 3 N–H and O–H groups in total. The molecule has 6 rings (SSSR count). The lowest BCUT2D eigenvalue weighted by atomic mass is 10.0. The van der Waals surface area contributed by atoms with Gasteiger partial charge in [-0.2, -0.15) is 0 Å². The normalized spacial score (nSPS) is 18.5. The highest BCUT2D eigenvalue weighted by Gasteiger charge is 2.31. The number of benzene rings is 2. The fourth-order valence-corrected chi connectivity index (χ4v) is 7.12. The van der Waals surface area contributed by atoms with Crippen LogP contribution in [0.4, 0.5) is 5.69 Å². The van der Waals surface area contributed by atoms with Crippen LogP contribution in [0.25, 0.3) is 11.6 Å². The van der Waals surface area contributed by atoms with Crippen molar-refractivity contribution >= 4 is 40.0 Å². The van der Waals surface area contributed by atoms with E-state index in [1.807, 2.05) is 36.9 Å². The molecule has 2 aliphatic heterocycles. The number of nitrogens with one attached hydrogen (secondary N) is 3. The molecule has 0 spiro atoms. The van der Waals surface area contributed by atoms with Gasteiger partial charge in [-0.1, -0.05) is 0 Å². The zero-order valence-electron chi connectivity index (χ0n) is 25.0. The predicted octanol–water partition coefficient (Wildman–Crippen LogP) is 4.81. The summed E-state index contributed by atoms with van der Waals surface area (Å²) in [5, 5.41) is 6.60. The van der Waals surface area contributed by atoms with Gasteiger partial charge in [-0.15, -0.1) is 0 Å². The lowest BCUT2D eigenvalue weighted by Gasteiger charge is -2.32. The molecule has 1 saturated carbocycles. The molecule has 10 heteroatoms. The van der Waals surface area contributed by atoms with E-state index in [2.05, 4.69) is 15.6 Å². The standard InChI is InChI=1S/C33H38N4O5S/c1-19-30(34-20(2)31(19)33(39)37-11-9-23(10-12-37)35-22-5-6-22)17-28-27-16-26(7-8-29(27)36-32(28)38)43(40)18-21-13-24(41-3)15-25(14-21)42-4/h7-8,13-17,22-23,34-35H,5-6,9-12,18H2,1-4H3,(H,36,38)/b28-17-. The minimum atomic E-state index is -1.38. The van der Waals surface area contributed by atoms with Gasteiger partial charge in [0.1, 0.15) is 11.5 Å². The lowest BCUT2D eigenvalue weighted by Crippen LogP contribution is -2.45. The smallest absolute Gasteiger partial charge is 0.256 e. The zero-order chi connectivity index (χ0) is 30.2. The van der Waals surface area contributed by atoms with E-state index < -0.39 is 10.8 Å². The Kier molecular flexibility index (Phi) is 8.15. The quantitative estimate of drug-likeness (QED) is 0.303. The molecule has 2 aromatic carbocycles. The van der Waals surface area contributed by atoms with Crippen LogP contribution in [-0.2, 0) is 21.3 Å². The Bertz CT molecular complexity index is 1610. The highest BCUT2D eigenvalue weighted by atomic mass is 32.2. The number of amides is 2. The molecule has 1 atom stereocenters. The number of ether oxygens (including phenoxy) is 2. The second kappa shape index (κ2) is 12.0. The Morgan fingerprint density at radius 1 is 1.02 bits per heavy atom. The first-order chi connectivity index (χ1) is 20.7. The summed E-state index contributed by atoms with van der Waals surface area (Å²) in [4.78, 5) is 32.6. The molecule has 3 heterocycles. The number of rotatable bonds is 9. The summed E-state index contributed by atoms with van der Waals surface area (Å²) in [5.74, 6) is 1.32. The monoisotopic (exact) mass is 602 g/mol. The van der Waals surface area contributed by atoms with Gasteiger partial charge in [0, 0.05) is 58.8 Å². The van der Waals surface area contributed by atoms with Crippen LogP contribution < -0.4 is 20.1 Å². The second-order valence-corrected chi connectivity index (χ2v) is 13.1. The Morgan fingerprint density at radius 3 is 2.35 bits per heavy atom. The van der Waals surface area contributed by atoms with Gasteiger partial charge in [0.25, 0.3) is 11.8 Å². The first-order valence-corrected chi connectivity index (χ1v) is 16.1. The number of nitrogens with zero attached hydrogens (tertiary/aromatic N) is 1. The molecule has 9 nitrogen and oxygen atoms in total. The van der Waals surface area contributed by atoms with Crippen molar-refractivity contribution in [3.8, 4) is 11.5 Å². The summed E-state index contributed by atoms with van der Waals surface area (Å²) in [7, 11) is 1.78. The van der Waals surface area contributed by atoms with Crippen LogP contribution >= 0.6 is 0 Å². The zero-order valence-corrected chi connectivity index (χ0v) is 25.9. The third-order valence-electron chi connectivity index (χ3n) is 8.56. The van der Waals surface area contributed by atoms with Gasteiger partial charge >= 0.3 is 0 Å². The number of anilines is 1. The van der Waals surface area contributed by atoms with E-state index in [-0.39, 0.29) is 17.6 Å². The molecular weight excluding hydrogens is 564 g/mol. The summed E-state index contributed by atoms with van der Waals surface area (Å²) in [6.07, 6.45) is 6.26.